The predicted molar refractivity (Wildman–Crippen MR) is 139 cm³/mol. The van der Waals surface area contributed by atoms with Gasteiger partial charge in [0.1, 0.15) is 6.04 Å². The average molecular weight is 477 g/mol. The minimum Gasteiger partial charge on any atom is -0.354 e. The molecule has 0 saturated carbocycles. The second-order valence-electron chi connectivity index (χ2n) is 8.44. The van der Waals surface area contributed by atoms with Crippen LogP contribution >= 0.6 is 11.6 Å². The molecule has 0 aromatic heterocycles. The van der Waals surface area contributed by atoms with Gasteiger partial charge in [-0.2, -0.15) is 0 Å². The monoisotopic (exact) mass is 476 g/mol. The Morgan fingerprint density at radius 2 is 1.41 bits per heavy atom. The van der Waals surface area contributed by atoms with Crippen LogP contribution in [0.25, 0.3) is 0 Å². The molecule has 0 heterocycles. The Labute approximate surface area is 207 Å². The average Bonchev–Trinajstić information content (AvgIpc) is 2.88. The van der Waals surface area contributed by atoms with Gasteiger partial charge in [-0.1, -0.05) is 98.2 Å². The molecule has 1 N–H and O–H groups in total. The zero-order chi connectivity index (χ0) is 24.3. The predicted octanol–water partition coefficient (Wildman–Crippen LogP) is 6.20. The summed E-state index contributed by atoms with van der Waals surface area (Å²) in [6.07, 6.45) is 1.66. The van der Waals surface area contributed by atoms with Crippen molar-refractivity contribution < 1.29 is 9.59 Å². The van der Waals surface area contributed by atoms with E-state index in [1.807, 2.05) is 74.5 Å². The van der Waals surface area contributed by atoms with Gasteiger partial charge in [-0.3, -0.25) is 9.59 Å². The number of halogens is 1. The Kier molecular flexibility index (Phi) is 9.72. The molecule has 0 fully saturated rings. The minimum atomic E-state index is -0.540. The first-order valence-electron chi connectivity index (χ1n) is 11.9. The van der Waals surface area contributed by atoms with Crippen molar-refractivity contribution >= 4 is 23.4 Å². The molecule has 0 bridgehead atoms. The highest BCUT2D eigenvalue weighted by molar-refractivity contribution is 6.30. The van der Waals surface area contributed by atoms with Gasteiger partial charge in [0.2, 0.25) is 11.8 Å². The maximum Gasteiger partial charge on any atom is 0.242 e. The lowest BCUT2D eigenvalue weighted by Crippen LogP contribution is -2.49. The molecule has 0 aliphatic carbocycles. The number of nitrogens with one attached hydrogen (secondary N) is 1. The molecule has 34 heavy (non-hydrogen) atoms. The Bertz CT molecular complexity index is 999. The van der Waals surface area contributed by atoms with Crippen LogP contribution in [0.4, 0.5) is 0 Å². The molecule has 4 nitrogen and oxygen atoms in total. The number of benzene rings is 3. The summed E-state index contributed by atoms with van der Waals surface area (Å²) in [5.41, 5.74) is 3.10. The first-order valence-corrected chi connectivity index (χ1v) is 12.3. The Balaban J connectivity index is 1.93. The highest BCUT2D eigenvalue weighted by Gasteiger charge is 2.30. The first kappa shape index (κ1) is 25.5. The van der Waals surface area contributed by atoms with Crippen LogP contribution in [-0.2, 0) is 16.1 Å². The van der Waals surface area contributed by atoms with Gasteiger partial charge in [0.05, 0.1) is 0 Å². The van der Waals surface area contributed by atoms with Crippen molar-refractivity contribution in [2.45, 2.75) is 51.6 Å². The van der Waals surface area contributed by atoms with Crippen molar-refractivity contribution in [2.24, 2.45) is 0 Å². The Morgan fingerprint density at radius 3 is 1.91 bits per heavy atom. The second-order valence-corrected chi connectivity index (χ2v) is 8.88. The summed E-state index contributed by atoms with van der Waals surface area (Å²) in [4.78, 5) is 28.6. The van der Waals surface area contributed by atoms with Crippen LogP contribution in [0.2, 0.25) is 5.02 Å². The highest BCUT2D eigenvalue weighted by atomic mass is 35.5. The molecule has 3 aromatic rings. The van der Waals surface area contributed by atoms with Crippen LogP contribution in [0.3, 0.4) is 0 Å². The summed E-state index contributed by atoms with van der Waals surface area (Å²) in [6, 6.07) is 27.1. The number of carbonyl (C=O) groups is 2. The molecular formula is C29H33ClN2O2. The Morgan fingerprint density at radius 1 is 0.853 bits per heavy atom. The van der Waals surface area contributed by atoms with Crippen molar-refractivity contribution in [3.8, 4) is 0 Å². The van der Waals surface area contributed by atoms with Crippen molar-refractivity contribution in [2.75, 3.05) is 6.54 Å². The highest BCUT2D eigenvalue weighted by Crippen LogP contribution is 2.29. The summed E-state index contributed by atoms with van der Waals surface area (Å²) in [6.45, 7) is 4.91. The maximum absolute atomic E-state index is 13.9. The van der Waals surface area contributed by atoms with Gasteiger partial charge in [-0.15, -0.1) is 0 Å². The van der Waals surface area contributed by atoms with E-state index >= 15 is 0 Å². The topological polar surface area (TPSA) is 49.4 Å². The number of hydrogen-bond acceptors (Lipinski definition) is 2. The lowest BCUT2D eigenvalue weighted by Gasteiger charge is -2.32. The van der Waals surface area contributed by atoms with Crippen molar-refractivity contribution in [3.05, 3.63) is 107 Å². The molecule has 0 aliphatic heterocycles. The van der Waals surface area contributed by atoms with Crippen molar-refractivity contribution in [1.29, 1.82) is 0 Å². The Hall–Kier alpha value is -3.11. The van der Waals surface area contributed by atoms with Crippen molar-refractivity contribution in [3.63, 3.8) is 0 Å². The summed E-state index contributed by atoms with van der Waals surface area (Å²) >= 11 is 6.07. The van der Waals surface area contributed by atoms with Crippen LogP contribution in [0.1, 0.15) is 55.7 Å². The molecule has 0 aliphatic rings. The fourth-order valence-corrected chi connectivity index (χ4v) is 4.29. The number of rotatable bonds is 11. The fourth-order valence-electron chi connectivity index (χ4n) is 4.16. The van der Waals surface area contributed by atoms with E-state index in [9.17, 15) is 9.59 Å². The third-order valence-corrected chi connectivity index (χ3v) is 6.24. The quantitative estimate of drug-likeness (QED) is 0.358. The lowest BCUT2D eigenvalue weighted by molar-refractivity contribution is -0.141. The van der Waals surface area contributed by atoms with Gasteiger partial charge in [0.15, 0.2) is 0 Å². The van der Waals surface area contributed by atoms with Gasteiger partial charge >= 0.3 is 0 Å². The SMILES string of the molecule is CCCNC(=O)[C@@H](CC)N(Cc1ccc(Cl)cc1)C(=O)CC(c1ccccc1)c1ccccc1. The van der Waals surface area contributed by atoms with E-state index in [2.05, 4.69) is 29.6 Å². The third kappa shape index (κ3) is 6.94. The van der Waals surface area contributed by atoms with Crippen molar-refractivity contribution in [1.82, 2.24) is 10.2 Å². The maximum atomic E-state index is 13.9. The van der Waals surface area contributed by atoms with Crippen LogP contribution in [0, 0.1) is 0 Å². The smallest absolute Gasteiger partial charge is 0.242 e. The van der Waals surface area contributed by atoms with E-state index in [0.717, 1.165) is 23.1 Å². The van der Waals surface area contributed by atoms with Gasteiger partial charge < -0.3 is 10.2 Å². The minimum absolute atomic E-state index is 0.0499. The summed E-state index contributed by atoms with van der Waals surface area (Å²) in [5.74, 6) is -0.257. The van der Waals surface area contributed by atoms with Gasteiger partial charge in [0, 0.05) is 30.5 Å². The molecule has 5 heteroatoms. The standard InChI is InChI=1S/C29H33ClN2O2/c1-3-19-31-29(34)27(4-2)32(21-22-15-17-25(30)18-16-22)28(33)20-26(23-11-7-5-8-12-23)24-13-9-6-10-14-24/h5-18,26-27H,3-4,19-21H2,1-2H3,(H,31,34)/t27-/m1/s1. The molecule has 3 aromatic carbocycles. The molecule has 0 radical (unpaired) electrons. The zero-order valence-corrected chi connectivity index (χ0v) is 20.7. The molecule has 0 spiro atoms. The third-order valence-electron chi connectivity index (χ3n) is 5.98. The lowest BCUT2D eigenvalue weighted by atomic mass is 9.88. The van der Waals surface area contributed by atoms with E-state index in [0.29, 0.717) is 24.5 Å². The van der Waals surface area contributed by atoms with Gasteiger partial charge in [0.25, 0.3) is 0 Å². The summed E-state index contributed by atoms with van der Waals surface area (Å²) in [7, 11) is 0. The second kappa shape index (κ2) is 13.0. The van der Waals surface area contributed by atoms with E-state index < -0.39 is 6.04 Å². The number of amides is 2. The van der Waals surface area contributed by atoms with Gasteiger partial charge in [-0.05, 0) is 41.7 Å². The molecular weight excluding hydrogens is 444 g/mol. The normalized spacial score (nSPS) is 11.8. The number of hydrogen-bond donors (Lipinski definition) is 1. The molecule has 178 valence electrons. The molecule has 1 atom stereocenters. The molecule has 0 unspecified atom stereocenters. The zero-order valence-electron chi connectivity index (χ0n) is 19.9. The molecule has 0 saturated heterocycles. The van der Waals surface area contributed by atoms with Crippen LogP contribution < -0.4 is 5.32 Å². The molecule has 2 amide bonds. The first-order chi connectivity index (χ1) is 16.5. The van der Waals surface area contributed by atoms with Crippen LogP contribution in [-0.4, -0.2) is 29.3 Å². The van der Waals surface area contributed by atoms with Crippen LogP contribution in [0.15, 0.2) is 84.9 Å². The number of nitrogens with zero attached hydrogens (tertiary/aromatic N) is 1. The summed E-state index contributed by atoms with van der Waals surface area (Å²) in [5, 5.41) is 3.62. The van der Waals surface area contributed by atoms with E-state index in [1.165, 1.54) is 0 Å². The fraction of sp³-hybridized carbons (Fsp3) is 0.310. The van der Waals surface area contributed by atoms with E-state index in [-0.39, 0.29) is 24.2 Å². The number of carbonyl (C=O) groups excluding carboxylic acids is 2. The molecule has 3 rings (SSSR count). The van der Waals surface area contributed by atoms with E-state index in [1.54, 1.807) is 4.90 Å². The van der Waals surface area contributed by atoms with E-state index in [4.69, 9.17) is 11.6 Å². The largest absolute Gasteiger partial charge is 0.354 e. The van der Waals surface area contributed by atoms with Gasteiger partial charge in [-0.25, -0.2) is 0 Å². The summed E-state index contributed by atoms with van der Waals surface area (Å²) < 4.78 is 0. The van der Waals surface area contributed by atoms with Crippen LogP contribution in [0.5, 0.6) is 0 Å².